The number of carbonyl (C=O) groups excluding carboxylic acids is 2. The van der Waals surface area contributed by atoms with Crippen molar-refractivity contribution in [2.24, 2.45) is 0 Å². The molecule has 0 radical (unpaired) electrons. The van der Waals surface area contributed by atoms with Gasteiger partial charge in [-0.15, -0.1) is 0 Å². The number of aryl methyl sites for hydroxylation is 2. The van der Waals surface area contributed by atoms with Crippen molar-refractivity contribution in [3.8, 4) is 5.75 Å². The number of amides is 2. The molecule has 0 heterocycles. The Morgan fingerprint density at radius 1 is 1.03 bits per heavy atom. The van der Waals surface area contributed by atoms with Crippen LogP contribution in [0.1, 0.15) is 61.5 Å². The first kappa shape index (κ1) is 20.9. The zero-order valence-electron chi connectivity index (χ0n) is 17.5. The highest BCUT2D eigenvalue weighted by atomic mass is 16.5. The van der Waals surface area contributed by atoms with Gasteiger partial charge in [0, 0.05) is 6.04 Å². The van der Waals surface area contributed by atoms with Crippen molar-refractivity contribution in [2.45, 2.75) is 65.0 Å². The van der Waals surface area contributed by atoms with Gasteiger partial charge < -0.3 is 15.4 Å². The normalized spacial score (nSPS) is 14.1. The van der Waals surface area contributed by atoms with Crippen molar-refractivity contribution in [3.63, 3.8) is 0 Å². The van der Waals surface area contributed by atoms with E-state index in [2.05, 4.69) is 22.8 Å². The van der Waals surface area contributed by atoms with Gasteiger partial charge in [0.05, 0.1) is 11.3 Å². The maximum absolute atomic E-state index is 12.9. The Bertz CT molecular complexity index is 876. The van der Waals surface area contributed by atoms with Crippen LogP contribution in [-0.4, -0.2) is 24.0 Å². The van der Waals surface area contributed by atoms with Crippen molar-refractivity contribution in [1.82, 2.24) is 5.32 Å². The first-order valence-corrected chi connectivity index (χ1v) is 10.5. The molecule has 0 saturated carbocycles. The SMILES string of the molecule is CCC(Oc1ccc2c(c1)CCCC2)C(=O)Nc1ccccc1C(=O)NC(C)C. The molecule has 2 N–H and O–H groups in total. The molecular formula is C24H30N2O3. The van der Waals surface area contributed by atoms with E-state index in [0.717, 1.165) is 18.6 Å². The van der Waals surface area contributed by atoms with E-state index in [4.69, 9.17) is 4.74 Å². The smallest absolute Gasteiger partial charge is 0.265 e. The van der Waals surface area contributed by atoms with Crippen molar-refractivity contribution < 1.29 is 14.3 Å². The molecule has 1 atom stereocenters. The van der Waals surface area contributed by atoms with Crippen LogP contribution < -0.4 is 15.4 Å². The molecule has 1 aliphatic carbocycles. The summed E-state index contributed by atoms with van der Waals surface area (Å²) in [4.78, 5) is 25.3. The number of para-hydroxylation sites is 1. The number of hydrogen-bond acceptors (Lipinski definition) is 3. The summed E-state index contributed by atoms with van der Waals surface area (Å²) in [7, 11) is 0. The Morgan fingerprint density at radius 3 is 2.48 bits per heavy atom. The summed E-state index contributed by atoms with van der Waals surface area (Å²) in [5, 5.41) is 5.74. The summed E-state index contributed by atoms with van der Waals surface area (Å²) in [6, 6.07) is 13.2. The van der Waals surface area contributed by atoms with Gasteiger partial charge in [-0.2, -0.15) is 0 Å². The van der Waals surface area contributed by atoms with E-state index in [1.807, 2.05) is 26.8 Å². The summed E-state index contributed by atoms with van der Waals surface area (Å²) in [6.07, 6.45) is 4.51. The fourth-order valence-corrected chi connectivity index (χ4v) is 3.61. The molecule has 5 nitrogen and oxygen atoms in total. The third kappa shape index (κ3) is 5.37. The summed E-state index contributed by atoms with van der Waals surface area (Å²) in [6.45, 7) is 5.72. The molecule has 5 heteroatoms. The lowest BCUT2D eigenvalue weighted by Crippen LogP contribution is -2.34. The Morgan fingerprint density at radius 2 is 1.76 bits per heavy atom. The molecule has 1 aliphatic rings. The molecule has 0 aliphatic heterocycles. The first-order valence-electron chi connectivity index (χ1n) is 10.5. The van der Waals surface area contributed by atoms with Crippen molar-refractivity contribution >= 4 is 17.5 Å². The minimum atomic E-state index is -0.627. The third-order valence-electron chi connectivity index (χ3n) is 5.11. The van der Waals surface area contributed by atoms with Crippen molar-refractivity contribution in [3.05, 3.63) is 59.2 Å². The van der Waals surface area contributed by atoms with Crippen LogP contribution in [0.4, 0.5) is 5.69 Å². The molecule has 29 heavy (non-hydrogen) atoms. The fourth-order valence-electron chi connectivity index (χ4n) is 3.61. The van der Waals surface area contributed by atoms with E-state index in [9.17, 15) is 9.59 Å². The highest BCUT2D eigenvalue weighted by molar-refractivity contribution is 6.04. The average molecular weight is 395 g/mol. The van der Waals surface area contributed by atoms with Crippen LogP contribution in [-0.2, 0) is 17.6 Å². The summed E-state index contributed by atoms with van der Waals surface area (Å²) in [5.74, 6) is 0.257. The highest BCUT2D eigenvalue weighted by Crippen LogP contribution is 2.26. The number of anilines is 1. The lowest BCUT2D eigenvalue weighted by Gasteiger charge is -2.21. The van der Waals surface area contributed by atoms with Crippen LogP contribution in [0.25, 0.3) is 0 Å². The minimum absolute atomic E-state index is 0.0157. The van der Waals surface area contributed by atoms with E-state index in [0.29, 0.717) is 17.7 Å². The average Bonchev–Trinajstić information content (AvgIpc) is 2.71. The summed E-state index contributed by atoms with van der Waals surface area (Å²) in [5.41, 5.74) is 3.63. The van der Waals surface area contributed by atoms with Gasteiger partial charge in [-0.25, -0.2) is 0 Å². The predicted molar refractivity (Wildman–Crippen MR) is 115 cm³/mol. The van der Waals surface area contributed by atoms with E-state index in [1.54, 1.807) is 24.3 Å². The lowest BCUT2D eigenvalue weighted by atomic mass is 9.92. The molecule has 0 aromatic heterocycles. The standard InChI is InChI=1S/C24H30N2O3/c1-4-22(29-19-14-13-17-9-5-6-10-18(17)15-19)24(28)26-21-12-8-7-11-20(21)23(27)25-16(2)3/h7-8,11-16,22H,4-6,9-10H2,1-3H3,(H,25,27)(H,26,28). The van der Waals surface area contributed by atoms with Gasteiger partial charge >= 0.3 is 0 Å². The number of fused-ring (bicyclic) bond motifs is 1. The Balaban J connectivity index is 1.72. The number of hydrogen-bond donors (Lipinski definition) is 2. The second-order valence-electron chi connectivity index (χ2n) is 7.82. The molecule has 3 rings (SSSR count). The summed E-state index contributed by atoms with van der Waals surface area (Å²) >= 11 is 0. The Labute approximate surface area is 172 Å². The number of nitrogens with one attached hydrogen (secondary N) is 2. The van der Waals surface area contributed by atoms with Gasteiger partial charge in [0.1, 0.15) is 5.75 Å². The van der Waals surface area contributed by atoms with Crippen LogP contribution in [0.3, 0.4) is 0 Å². The van der Waals surface area contributed by atoms with Crippen molar-refractivity contribution in [2.75, 3.05) is 5.32 Å². The van der Waals surface area contributed by atoms with Gasteiger partial charge in [-0.3, -0.25) is 9.59 Å². The van der Waals surface area contributed by atoms with E-state index < -0.39 is 6.10 Å². The molecule has 2 aromatic carbocycles. The maximum atomic E-state index is 12.9. The molecule has 0 bridgehead atoms. The molecule has 154 valence electrons. The molecule has 0 fully saturated rings. The fraction of sp³-hybridized carbons (Fsp3) is 0.417. The van der Waals surface area contributed by atoms with Crippen LogP contribution in [0.2, 0.25) is 0 Å². The van der Waals surface area contributed by atoms with Gasteiger partial charge in [0.25, 0.3) is 11.8 Å². The van der Waals surface area contributed by atoms with Gasteiger partial charge in [-0.1, -0.05) is 25.1 Å². The van der Waals surface area contributed by atoms with Crippen LogP contribution in [0.15, 0.2) is 42.5 Å². The number of ether oxygens (including phenoxy) is 1. The van der Waals surface area contributed by atoms with Gasteiger partial charge in [0.15, 0.2) is 6.10 Å². The Kier molecular flexibility index (Phi) is 6.91. The zero-order valence-corrected chi connectivity index (χ0v) is 17.5. The highest BCUT2D eigenvalue weighted by Gasteiger charge is 2.22. The Hall–Kier alpha value is -2.82. The monoisotopic (exact) mass is 394 g/mol. The molecule has 1 unspecified atom stereocenters. The zero-order chi connectivity index (χ0) is 20.8. The predicted octanol–water partition coefficient (Wildman–Crippen LogP) is 4.50. The van der Waals surface area contributed by atoms with Crippen LogP contribution in [0.5, 0.6) is 5.75 Å². The third-order valence-corrected chi connectivity index (χ3v) is 5.11. The quantitative estimate of drug-likeness (QED) is 0.727. The molecular weight excluding hydrogens is 364 g/mol. The molecule has 0 saturated heterocycles. The van der Waals surface area contributed by atoms with Crippen LogP contribution in [0, 0.1) is 0 Å². The van der Waals surface area contributed by atoms with Crippen molar-refractivity contribution in [1.29, 1.82) is 0 Å². The number of rotatable bonds is 7. The molecule has 2 amide bonds. The minimum Gasteiger partial charge on any atom is -0.481 e. The van der Waals surface area contributed by atoms with Gasteiger partial charge in [-0.05, 0) is 81.3 Å². The number of carbonyl (C=O) groups is 2. The van der Waals surface area contributed by atoms with E-state index in [-0.39, 0.29) is 17.9 Å². The first-order chi connectivity index (χ1) is 14.0. The van der Waals surface area contributed by atoms with Gasteiger partial charge in [0.2, 0.25) is 0 Å². The molecule has 0 spiro atoms. The topological polar surface area (TPSA) is 67.4 Å². The largest absolute Gasteiger partial charge is 0.481 e. The molecule has 2 aromatic rings. The number of benzene rings is 2. The van der Waals surface area contributed by atoms with E-state index >= 15 is 0 Å². The second kappa shape index (κ2) is 9.59. The van der Waals surface area contributed by atoms with E-state index in [1.165, 1.54) is 24.0 Å². The second-order valence-corrected chi connectivity index (χ2v) is 7.82. The maximum Gasteiger partial charge on any atom is 0.265 e. The van der Waals surface area contributed by atoms with Crippen LogP contribution >= 0.6 is 0 Å². The lowest BCUT2D eigenvalue weighted by molar-refractivity contribution is -0.122. The summed E-state index contributed by atoms with van der Waals surface area (Å²) < 4.78 is 6.02.